The fraction of sp³-hybridized carbons (Fsp3) is 0.750. The average molecular weight is 301 g/mol. The number of piperazine rings is 1. The van der Waals surface area contributed by atoms with Gasteiger partial charge in [0, 0.05) is 70.0 Å². The molecular formula is C12H21BrN4. The summed E-state index contributed by atoms with van der Waals surface area (Å²) in [6.45, 7) is 7.14. The van der Waals surface area contributed by atoms with E-state index >= 15 is 0 Å². The van der Waals surface area contributed by atoms with Crippen molar-refractivity contribution in [3.63, 3.8) is 0 Å². The molecule has 0 atom stereocenters. The van der Waals surface area contributed by atoms with Gasteiger partial charge in [-0.2, -0.15) is 5.10 Å². The molecule has 1 saturated heterocycles. The number of aromatic nitrogens is 2. The second kappa shape index (κ2) is 6.52. The van der Waals surface area contributed by atoms with Crippen molar-refractivity contribution in [3.05, 3.63) is 18.0 Å². The van der Waals surface area contributed by atoms with E-state index in [0.717, 1.165) is 18.3 Å². The van der Waals surface area contributed by atoms with Crippen molar-refractivity contribution in [3.8, 4) is 0 Å². The van der Waals surface area contributed by atoms with Gasteiger partial charge in [0.1, 0.15) is 0 Å². The molecule has 0 saturated carbocycles. The molecule has 2 heterocycles. The minimum Gasteiger partial charge on any atom is -0.300 e. The Bertz CT molecular complexity index is 331. The maximum Gasteiger partial charge on any atom is 0.0492 e. The van der Waals surface area contributed by atoms with E-state index in [1.165, 1.54) is 38.4 Å². The predicted molar refractivity (Wildman–Crippen MR) is 73.6 cm³/mol. The molecule has 2 rings (SSSR count). The molecular weight excluding hydrogens is 280 g/mol. The molecule has 96 valence electrons. The molecule has 4 nitrogen and oxygen atoms in total. The van der Waals surface area contributed by atoms with Gasteiger partial charge < -0.3 is 4.90 Å². The standard InChI is InChI=1S/C12H21BrN4/c1-15-12(2-5-14-15)3-6-16-8-10-17(7-4-13)11-9-16/h2,5H,3-4,6-11H2,1H3. The molecule has 0 amide bonds. The quantitative estimate of drug-likeness (QED) is 0.758. The lowest BCUT2D eigenvalue weighted by molar-refractivity contribution is 0.139. The third-order valence-corrected chi connectivity index (χ3v) is 3.83. The number of hydrogen-bond donors (Lipinski definition) is 0. The smallest absolute Gasteiger partial charge is 0.0492 e. The Balaban J connectivity index is 1.70. The number of alkyl halides is 1. The average Bonchev–Trinajstić information content (AvgIpc) is 2.75. The Hall–Kier alpha value is -0.390. The summed E-state index contributed by atoms with van der Waals surface area (Å²) in [7, 11) is 2.02. The van der Waals surface area contributed by atoms with E-state index in [0.29, 0.717) is 0 Å². The molecule has 1 fully saturated rings. The van der Waals surface area contributed by atoms with Gasteiger partial charge in [-0.3, -0.25) is 9.58 Å². The molecule has 5 heteroatoms. The van der Waals surface area contributed by atoms with Crippen LogP contribution in [0.3, 0.4) is 0 Å². The second-order valence-corrected chi connectivity index (χ2v) is 5.36. The summed E-state index contributed by atoms with van der Waals surface area (Å²) in [6.07, 6.45) is 2.98. The summed E-state index contributed by atoms with van der Waals surface area (Å²) in [5.74, 6) is 0. The van der Waals surface area contributed by atoms with Gasteiger partial charge in [0.25, 0.3) is 0 Å². The first-order valence-electron chi connectivity index (χ1n) is 6.27. The Morgan fingerprint density at radius 1 is 1.18 bits per heavy atom. The molecule has 1 aliphatic rings. The van der Waals surface area contributed by atoms with Gasteiger partial charge in [0.05, 0.1) is 0 Å². The van der Waals surface area contributed by atoms with Crippen molar-refractivity contribution >= 4 is 15.9 Å². The maximum absolute atomic E-state index is 4.20. The molecule has 1 aromatic rings. The Kier molecular flexibility index (Phi) is 5.00. The highest BCUT2D eigenvalue weighted by atomic mass is 79.9. The van der Waals surface area contributed by atoms with Crippen LogP contribution in [-0.4, -0.2) is 64.2 Å². The fourth-order valence-corrected chi connectivity index (χ4v) is 2.78. The molecule has 0 N–H and O–H groups in total. The van der Waals surface area contributed by atoms with Crippen molar-refractivity contribution in [2.45, 2.75) is 6.42 Å². The lowest BCUT2D eigenvalue weighted by atomic mass is 10.2. The summed E-state index contributed by atoms with van der Waals surface area (Å²) in [4.78, 5) is 5.08. The molecule has 0 aliphatic carbocycles. The first kappa shape index (κ1) is 13.1. The molecule has 0 spiro atoms. The Morgan fingerprint density at radius 2 is 1.82 bits per heavy atom. The summed E-state index contributed by atoms with van der Waals surface area (Å²) >= 11 is 3.50. The van der Waals surface area contributed by atoms with Crippen LogP contribution in [0.15, 0.2) is 12.3 Å². The van der Waals surface area contributed by atoms with Crippen LogP contribution >= 0.6 is 15.9 Å². The minimum absolute atomic E-state index is 1.09. The molecule has 0 bridgehead atoms. The monoisotopic (exact) mass is 300 g/mol. The molecule has 0 aromatic carbocycles. The van der Waals surface area contributed by atoms with Crippen LogP contribution in [0.2, 0.25) is 0 Å². The van der Waals surface area contributed by atoms with E-state index in [1.54, 1.807) is 0 Å². The van der Waals surface area contributed by atoms with Gasteiger partial charge >= 0.3 is 0 Å². The van der Waals surface area contributed by atoms with E-state index in [9.17, 15) is 0 Å². The summed E-state index contributed by atoms with van der Waals surface area (Å²) in [5, 5.41) is 5.29. The van der Waals surface area contributed by atoms with E-state index < -0.39 is 0 Å². The summed E-state index contributed by atoms with van der Waals surface area (Å²) in [5.41, 5.74) is 1.33. The summed E-state index contributed by atoms with van der Waals surface area (Å²) < 4.78 is 1.97. The Morgan fingerprint density at radius 3 is 2.35 bits per heavy atom. The van der Waals surface area contributed by atoms with Gasteiger partial charge in [-0.1, -0.05) is 15.9 Å². The molecule has 1 aliphatic heterocycles. The molecule has 0 unspecified atom stereocenters. The van der Waals surface area contributed by atoms with Crippen LogP contribution in [0.1, 0.15) is 5.69 Å². The van der Waals surface area contributed by atoms with Crippen molar-refractivity contribution < 1.29 is 0 Å². The van der Waals surface area contributed by atoms with Crippen LogP contribution in [0.4, 0.5) is 0 Å². The first-order valence-corrected chi connectivity index (χ1v) is 7.39. The van der Waals surface area contributed by atoms with Gasteiger partial charge in [-0.25, -0.2) is 0 Å². The van der Waals surface area contributed by atoms with Crippen LogP contribution in [0, 0.1) is 0 Å². The summed E-state index contributed by atoms with van der Waals surface area (Å²) in [6, 6.07) is 2.11. The Labute approximate surface area is 112 Å². The zero-order valence-electron chi connectivity index (χ0n) is 10.5. The lowest BCUT2D eigenvalue weighted by Crippen LogP contribution is -2.47. The maximum atomic E-state index is 4.20. The van der Waals surface area contributed by atoms with Gasteiger partial charge in [-0.15, -0.1) is 0 Å². The van der Waals surface area contributed by atoms with Gasteiger partial charge in [0.2, 0.25) is 0 Å². The largest absolute Gasteiger partial charge is 0.300 e. The normalized spacial score (nSPS) is 18.7. The highest BCUT2D eigenvalue weighted by Gasteiger charge is 2.15. The van der Waals surface area contributed by atoms with Crippen molar-refractivity contribution in [1.82, 2.24) is 19.6 Å². The number of aryl methyl sites for hydroxylation is 1. The number of hydrogen-bond acceptors (Lipinski definition) is 3. The molecule has 17 heavy (non-hydrogen) atoms. The van der Waals surface area contributed by atoms with E-state index in [4.69, 9.17) is 0 Å². The van der Waals surface area contributed by atoms with Gasteiger partial charge in [0.15, 0.2) is 0 Å². The zero-order chi connectivity index (χ0) is 12.1. The zero-order valence-corrected chi connectivity index (χ0v) is 12.1. The SMILES string of the molecule is Cn1nccc1CCN1CCN(CCBr)CC1. The minimum atomic E-state index is 1.09. The van der Waals surface area contributed by atoms with Crippen molar-refractivity contribution in [1.29, 1.82) is 0 Å². The van der Waals surface area contributed by atoms with E-state index in [-0.39, 0.29) is 0 Å². The fourth-order valence-electron chi connectivity index (χ4n) is 2.28. The highest BCUT2D eigenvalue weighted by molar-refractivity contribution is 9.09. The van der Waals surface area contributed by atoms with Crippen LogP contribution < -0.4 is 0 Å². The predicted octanol–water partition coefficient (Wildman–Crippen LogP) is 0.975. The lowest BCUT2D eigenvalue weighted by Gasteiger charge is -2.34. The van der Waals surface area contributed by atoms with Crippen molar-refractivity contribution in [2.24, 2.45) is 7.05 Å². The molecule has 0 radical (unpaired) electrons. The second-order valence-electron chi connectivity index (χ2n) is 4.57. The van der Waals surface area contributed by atoms with Crippen LogP contribution in [0.25, 0.3) is 0 Å². The van der Waals surface area contributed by atoms with E-state index in [2.05, 4.69) is 36.9 Å². The third-order valence-electron chi connectivity index (χ3n) is 3.47. The number of nitrogens with zero attached hydrogens (tertiary/aromatic N) is 4. The van der Waals surface area contributed by atoms with E-state index in [1.807, 2.05) is 17.9 Å². The third kappa shape index (κ3) is 3.79. The molecule has 1 aromatic heterocycles. The van der Waals surface area contributed by atoms with Crippen LogP contribution in [0.5, 0.6) is 0 Å². The van der Waals surface area contributed by atoms with Crippen LogP contribution in [-0.2, 0) is 13.5 Å². The topological polar surface area (TPSA) is 24.3 Å². The van der Waals surface area contributed by atoms with Gasteiger partial charge in [-0.05, 0) is 6.07 Å². The number of rotatable bonds is 5. The highest BCUT2D eigenvalue weighted by Crippen LogP contribution is 2.05. The first-order chi connectivity index (χ1) is 8.29. The number of halogens is 1. The van der Waals surface area contributed by atoms with Crippen molar-refractivity contribution in [2.75, 3.05) is 44.6 Å².